The molecule has 0 aliphatic heterocycles. The fourth-order valence-corrected chi connectivity index (χ4v) is 12.7. The molecule has 316 valence electrons. The first-order chi connectivity index (χ1) is 27.1. The second-order valence-electron chi connectivity index (χ2n) is 17.9. The fourth-order valence-electron chi connectivity index (χ4n) is 10.8. The van der Waals surface area contributed by atoms with E-state index in [2.05, 4.69) is 56.3 Å². The van der Waals surface area contributed by atoms with E-state index in [4.69, 9.17) is 18.9 Å². The van der Waals surface area contributed by atoms with Gasteiger partial charge in [-0.3, -0.25) is 4.79 Å². The maximum absolute atomic E-state index is 12.7. The highest BCUT2D eigenvalue weighted by Crippen LogP contribution is 2.67. The summed E-state index contributed by atoms with van der Waals surface area (Å²) in [5.74, 6) is 5.76. The molecule has 3 saturated carbocycles. The van der Waals surface area contributed by atoms with Gasteiger partial charge in [-0.1, -0.05) is 82.4 Å². The minimum absolute atomic E-state index is 0.0238. The van der Waals surface area contributed by atoms with Crippen LogP contribution in [0.1, 0.15) is 118 Å². The van der Waals surface area contributed by atoms with Crippen molar-refractivity contribution in [1.82, 2.24) is 15.6 Å². The van der Waals surface area contributed by atoms with Crippen molar-refractivity contribution in [3.63, 3.8) is 0 Å². The minimum Gasteiger partial charge on any atom is -0.446 e. The molecule has 0 aromatic carbocycles. The molecule has 2 N–H and O–H groups in total. The molecule has 8 atom stereocenters. The molecule has 11 heteroatoms. The Kier molecular flexibility index (Phi) is 18.7. The predicted octanol–water partition coefficient (Wildman–Crippen LogP) is 9.90. The quantitative estimate of drug-likeness (QED) is 0.0599. The van der Waals surface area contributed by atoms with Gasteiger partial charge in [0.05, 0.1) is 33.0 Å². The van der Waals surface area contributed by atoms with Crippen molar-refractivity contribution in [2.45, 2.75) is 129 Å². The van der Waals surface area contributed by atoms with Gasteiger partial charge in [-0.2, -0.15) is 0 Å². The molecule has 8 unspecified atom stereocenters. The Labute approximate surface area is 346 Å². The van der Waals surface area contributed by atoms with Gasteiger partial charge in [0.25, 0.3) is 0 Å². The first-order valence-electron chi connectivity index (χ1n) is 21.9. The lowest BCUT2D eigenvalue weighted by atomic mass is 9.47. The molecule has 0 bridgehead atoms. The average Bonchev–Trinajstić information content (AvgIpc) is 3.54. The fraction of sp³-hybridized carbons (Fsp3) is 0.800. The molecule has 4 aliphatic rings. The standard InChI is InChI=1S/C45H73N3O6S2/c1-33(2)10-8-11-34(3)38-15-16-39-37-14-13-35-32-36(17-20-44(35,4)40(37)18-21-45(38,39)5)54-43(50)48-23-9-25-51-27-29-53-30-28-52-26-24-46-41(49)19-31-55-56-42-12-6-7-22-47-42/h6-7,12-13,22,33-34,36-40H,8-11,14-21,23-32H2,1-5H3,(H,46,49)(H,48,50). The summed E-state index contributed by atoms with van der Waals surface area (Å²) < 4.78 is 22.7. The van der Waals surface area contributed by atoms with Gasteiger partial charge in [-0.25, -0.2) is 9.78 Å². The van der Waals surface area contributed by atoms with E-state index in [9.17, 15) is 9.59 Å². The number of fused-ring (bicyclic) bond motifs is 5. The molecule has 1 heterocycles. The zero-order chi connectivity index (χ0) is 39.8. The van der Waals surface area contributed by atoms with E-state index in [1.54, 1.807) is 33.4 Å². The number of aromatic nitrogens is 1. The number of ether oxygens (including phenoxy) is 4. The third-order valence-corrected chi connectivity index (χ3v) is 16.0. The van der Waals surface area contributed by atoms with Crippen LogP contribution >= 0.6 is 21.6 Å². The van der Waals surface area contributed by atoms with Gasteiger partial charge in [-0.05, 0) is 121 Å². The molecule has 1 aromatic rings. The minimum atomic E-state index is -0.307. The SMILES string of the molecule is CC(C)CCCC(C)C1CCC2C3CC=C4CC(OC(=O)NCCCOCCOCCOCCNC(=O)CCSSc5ccccn5)CCC4(C)C3CCC12C. The van der Waals surface area contributed by atoms with E-state index in [1.807, 2.05) is 18.2 Å². The van der Waals surface area contributed by atoms with Crippen LogP contribution in [0.5, 0.6) is 0 Å². The molecule has 9 nitrogen and oxygen atoms in total. The summed E-state index contributed by atoms with van der Waals surface area (Å²) in [7, 11) is 3.20. The highest BCUT2D eigenvalue weighted by Gasteiger charge is 2.59. The Morgan fingerprint density at radius 1 is 0.875 bits per heavy atom. The van der Waals surface area contributed by atoms with Gasteiger partial charge >= 0.3 is 6.09 Å². The normalized spacial score (nSPS) is 28.8. The average molecular weight is 816 g/mol. The van der Waals surface area contributed by atoms with E-state index >= 15 is 0 Å². The van der Waals surface area contributed by atoms with Crippen LogP contribution in [0, 0.1) is 46.3 Å². The van der Waals surface area contributed by atoms with Crippen molar-refractivity contribution in [2.75, 3.05) is 58.5 Å². The van der Waals surface area contributed by atoms with Crippen molar-refractivity contribution >= 4 is 33.6 Å². The number of allylic oxidation sites excluding steroid dienone is 1. The van der Waals surface area contributed by atoms with Crippen LogP contribution in [0.25, 0.3) is 0 Å². The monoisotopic (exact) mass is 815 g/mol. The van der Waals surface area contributed by atoms with Crippen molar-refractivity contribution < 1.29 is 28.5 Å². The van der Waals surface area contributed by atoms with Gasteiger partial charge < -0.3 is 29.6 Å². The zero-order valence-corrected chi connectivity index (χ0v) is 36.8. The molecule has 2 amide bonds. The molecule has 0 spiro atoms. The van der Waals surface area contributed by atoms with Gasteiger partial charge in [0.1, 0.15) is 11.1 Å². The van der Waals surface area contributed by atoms with Crippen molar-refractivity contribution in [3.8, 4) is 0 Å². The molecule has 1 aromatic heterocycles. The molecule has 3 fully saturated rings. The second-order valence-corrected chi connectivity index (χ2v) is 20.3. The molecular weight excluding hydrogens is 743 g/mol. The number of rotatable bonds is 24. The molecule has 4 aliphatic carbocycles. The molecule has 5 rings (SSSR count). The summed E-state index contributed by atoms with van der Waals surface area (Å²) in [5, 5.41) is 6.77. The van der Waals surface area contributed by atoms with Crippen LogP contribution in [0.4, 0.5) is 4.79 Å². The number of hydrogen-bond donors (Lipinski definition) is 2. The first kappa shape index (κ1) is 45.3. The third kappa shape index (κ3) is 13.1. The van der Waals surface area contributed by atoms with Crippen LogP contribution in [0.2, 0.25) is 0 Å². The Morgan fingerprint density at radius 3 is 2.43 bits per heavy atom. The lowest BCUT2D eigenvalue weighted by molar-refractivity contribution is -0.120. The van der Waals surface area contributed by atoms with Crippen LogP contribution in [0.3, 0.4) is 0 Å². The number of pyridine rings is 1. The first-order valence-corrected chi connectivity index (χ1v) is 24.3. The van der Waals surface area contributed by atoms with Crippen LogP contribution in [-0.4, -0.2) is 81.6 Å². The smallest absolute Gasteiger partial charge is 0.407 e. The van der Waals surface area contributed by atoms with E-state index in [-0.39, 0.29) is 23.5 Å². The summed E-state index contributed by atoms with van der Waals surface area (Å²) >= 11 is 0. The number of alkyl carbamates (subject to hydrolysis) is 1. The maximum Gasteiger partial charge on any atom is 0.407 e. The van der Waals surface area contributed by atoms with Crippen molar-refractivity contribution in [1.29, 1.82) is 0 Å². The number of carbonyl (C=O) groups excluding carboxylic acids is 2. The van der Waals surface area contributed by atoms with Gasteiger partial charge in [-0.15, -0.1) is 0 Å². The Morgan fingerprint density at radius 2 is 1.66 bits per heavy atom. The Hall–Kier alpha value is -1.79. The predicted molar refractivity (Wildman–Crippen MR) is 229 cm³/mol. The number of carbonyl (C=O) groups is 2. The topological polar surface area (TPSA) is 108 Å². The van der Waals surface area contributed by atoms with E-state index in [0.29, 0.717) is 64.6 Å². The summed E-state index contributed by atoms with van der Waals surface area (Å²) in [6, 6.07) is 5.80. The van der Waals surface area contributed by atoms with Crippen LogP contribution in [-0.2, 0) is 23.7 Å². The number of hydrogen-bond acceptors (Lipinski definition) is 9. The highest BCUT2D eigenvalue weighted by molar-refractivity contribution is 8.76. The highest BCUT2D eigenvalue weighted by atomic mass is 33.1. The van der Waals surface area contributed by atoms with Gasteiger partial charge in [0.15, 0.2) is 0 Å². The van der Waals surface area contributed by atoms with E-state index in [0.717, 1.165) is 72.0 Å². The maximum atomic E-state index is 12.7. The number of amides is 2. The summed E-state index contributed by atoms with van der Waals surface area (Å²) in [5.41, 5.74) is 2.33. The van der Waals surface area contributed by atoms with Gasteiger partial charge in [0, 0.05) is 44.5 Å². The molecular formula is C45H73N3O6S2. The van der Waals surface area contributed by atoms with Crippen LogP contribution in [0.15, 0.2) is 41.1 Å². The zero-order valence-electron chi connectivity index (χ0n) is 35.2. The number of nitrogens with one attached hydrogen (secondary N) is 2. The molecule has 0 radical (unpaired) electrons. The van der Waals surface area contributed by atoms with Crippen molar-refractivity contribution in [2.24, 2.45) is 46.3 Å². The summed E-state index contributed by atoms with van der Waals surface area (Å²) in [4.78, 5) is 28.9. The summed E-state index contributed by atoms with van der Waals surface area (Å²) in [6.45, 7) is 16.5. The Balaban J connectivity index is 0.857. The van der Waals surface area contributed by atoms with Crippen LogP contribution < -0.4 is 10.6 Å². The largest absolute Gasteiger partial charge is 0.446 e. The molecule has 56 heavy (non-hydrogen) atoms. The third-order valence-electron chi connectivity index (χ3n) is 13.8. The Bertz CT molecular complexity index is 1370. The van der Waals surface area contributed by atoms with E-state index in [1.165, 1.54) is 51.4 Å². The molecule has 0 saturated heterocycles. The number of nitrogens with zero attached hydrogens (tertiary/aromatic N) is 1. The summed E-state index contributed by atoms with van der Waals surface area (Å²) in [6.07, 6.45) is 19.2. The lowest BCUT2D eigenvalue weighted by Gasteiger charge is -2.58. The van der Waals surface area contributed by atoms with E-state index < -0.39 is 0 Å². The second kappa shape index (κ2) is 23.1. The lowest BCUT2D eigenvalue weighted by Crippen LogP contribution is -2.51. The van der Waals surface area contributed by atoms with Crippen molar-refractivity contribution in [3.05, 3.63) is 36.0 Å². The van der Waals surface area contributed by atoms with Gasteiger partial charge in [0.2, 0.25) is 5.91 Å².